The summed E-state index contributed by atoms with van der Waals surface area (Å²) in [5, 5.41) is 2.12. The van der Waals surface area contributed by atoms with Crippen molar-refractivity contribution in [1.29, 1.82) is 0 Å². The van der Waals surface area contributed by atoms with Crippen LogP contribution in [0.1, 0.15) is 19.3 Å². The van der Waals surface area contributed by atoms with Gasteiger partial charge in [0, 0.05) is 25.4 Å². The van der Waals surface area contributed by atoms with Crippen molar-refractivity contribution >= 4 is 29.8 Å². The maximum absolute atomic E-state index is 12.3. The van der Waals surface area contributed by atoms with Crippen molar-refractivity contribution in [3.05, 3.63) is 11.3 Å². The molecular weight excluding hydrogens is 264 g/mol. The fourth-order valence-electron chi connectivity index (χ4n) is 2.23. The zero-order valence-electron chi connectivity index (χ0n) is 10.9. The van der Waals surface area contributed by atoms with Crippen molar-refractivity contribution in [2.75, 3.05) is 7.05 Å². The third kappa shape index (κ3) is 2.31. The smallest absolute Gasteiger partial charge is 0.264 e. The number of nitrogens with zero attached hydrogens (tertiary/aromatic N) is 2. The number of hydrogen-bond donors (Lipinski definition) is 2. The van der Waals surface area contributed by atoms with Gasteiger partial charge in [0.25, 0.3) is 5.91 Å². The Morgan fingerprint density at radius 1 is 1.35 bits per heavy atom. The van der Waals surface area contributed by atoms with Gasteiger partial charge < -0.3 is 5.73 Å². The molecule has 2 aliphatic heterocycles. The van der Waals surface area contributed by atoms with E-state index in [0.29, 0.717) is 0 Å². The van der Waals surface area contributed by atoms with E-state index in [1.807, 2.05) is 0 Å². The molecule has 0 saturated carbocycles. The van der Waals surface area contributed by atoms with E-state index in [-0.39, 0.29) is 30.5 Å². The molecule has 0 aliphatic carbocycles. The number of hydrogen-bond acceptors (Lipinski definition) is 6. The van der Waals surface area contributed by atoms with E-state index in [0.717, 1.165) is 4.90 Å². The maximum Gasteiger partial charge on any atom is 0.264 e. The lowest BCUT2D eigenvalue weighted by Crippen LogP contribution is -2.58. The van der Waals surface area contributed by atoms with Crippen LogP contribution in [0.3, 0.4) is 0 Å². The first-order chi connectivity index (χ1) is 9.45. The highest BCUT2D eigenvalue weighted by atomic mass is 16.2. The number of piperidine rings is 1. The third-order valence-corrected chi connectivity index (χ3v) is 3.19. The first-order valence-electron chi connectivity index (χ1n) is 6.06. The highest BCUT2D eigenvalue weighted by molar-refractivity contribution is 6.21. The van der Waals surface area contributed by atoms with Gasteiger partial charge in [-0.2, -0.15) is 0 Å². The number of carbonyl (C=O) groups excluding carboxylic acids is 4. The molecule has 0 aromatic heterocycles. The molecule has 1 fully saturated rings. The Bertz CT molecular complexity index is 564. The first-order valence-corrected chi connectivity index (χ1v) is 6.06. The van der Waals surface area contributed by atoms with Crippen LogP contribution in [0.4, 0.5) is 0 Å². The van der Waals surface area contributed by atoms with E-state index in [9.17, 15) is 19.2 Å². The van der Waals surface area contributed by atoms with Crippen LogP contribution in [0.5, 0.6) is 0 Å². The highest BCUT2D eigenvalue weighted by Crippen LogP contribution is 2.22. The summed E-state index contributed by atoms with van der Waals surface area (Å²) in [4.78, 5) is 51.7. The van der Waals surface area contributed by atoms with Crippen LogP contribution in [0.25, 0.3) is 0 Å². The van der Waals surface area contributed by atoms with E-state index < -0.39 is 29.7 Å². The minimum Gasteiger partial charge on any atom is -0.401 e. The number of nitrogens with one attached hydrogen (secondary N) is 1. The van der Waals surface area contributed by atoms with Crippen LogP contribution >= 0.6 is 0 Å². The van der Waals surface area contributed by atoms with Crippen molar-refractivity contribution < 1.29 is 19.2 Å². The number of amides is 4. The summed E-state index contributed by atoms with van der Waals surface area (Å²) in [5.41, 5.74) is 5.90. The van der Waals surface area contributed by atoms with E-state index in [2.05, 4.69) is 10.3 Å². The molecule has 0 radical (unpaired) electrons. The van der Waals surface area contributed by atoms with Gasteiger partial charge in [0.05, 0.1) is 12.0 Å². The van der Waals surface area contributed by atoms with E-state index >= 15 is 0 Å². The van der Waals surface area contributed by atoms with Crippen LogP contribution < -0.4 is 11.1 Å². The molecule has 1 atom stereocenters. The summed E-state index contributed by atoms with van der Waals surface area (Å²) in [5.74, 6) is -2.25. The monoisotopic (exact) mass is 278 g/mol. The Morgan fingerprint density at radius 2 is 2.05 bits per heavy atom. The SMILES string of the molecule is CN=CC1=C(N)CC(=O)N(C2CCC(=O)NC2=O)C1=O. The molecule has 1 saturated heterocycles. The largest absolute Gasteiger partial charge is 0.401 e. The van der Waals surface area contributed by atoms with Crippen molar-refractivity contribution in [2.24, 2.45) is 10.7 Å². The summed E-state index contributed by atoms with van der Waals surface area (Å²) >= 11 is 0. The van der Waals surface area contributed by atoms with E-state index in [1.54, 1.807) is 0 Å². The predicted octanol–water partition coefficient (Wildman–Crippen LogP) is -1.54. The van der Waals surface area contributed by atoms with Crippen LogP contribution in [0.2, 0.25) is 0 Å². The molecule has 3 N–H and O–H groups in total. The van der Waals surface area contributed by atoms with Crippen LogP contribution in [0.15, 0.2) is 16.3 Å². The average Bonchev–Trinajstić information content (AvgIpc) is 2.37. The van der Waals surface area contributed by atoms with Crippen LogP contribution in [-0.4, -0.2) is 47.8 Å². The normalized spacial score (nSPS) is 24.6. The number of imide groups is 2. The fraction of sp³-hybridized carbons (Fsp3) is 0.417. The van der Waals surface area contributed by atoms with Crippen molar-refractivity contribution in [3.63, 3.8) is 0 Å². The van der Waals surface area contributed by atoms with Gasteiger partial charge in [-0.3, -0.25) is 34.4 Å². The molecule has 2 rings (SSSR count). The molecule has 0 aromatic carbocycles. The number of nitrogens with two attached hydrogens (primary N) is 1. The quantitative estimate of drug-likeness (QED) is 0.468. The van der Waals surface area contributed by atoms with Gasteiger partial charge in [-0.05, 0) is 6.42 Å². The Balaban J connectivity index is 2.33. The van der Waals surface area contributed by atoms with Crippen molar-refractivity contribution in [2.45, 2.75) is 25.3 Å². The zero-order valence-corrected chi connectivity index (χ0v) is 10.9. The van der Waals surface area contributed by atoms with E-state index in [4.69, 9.17) is 5.73 Å². The molecule has 20 heavy (non-hydrogen) atoms. The van der Waals surface area contributed by atoms with Gasteiger partial charge in [0.2, 0.25) is 17.7 Å². The fourth-order valence-corrected chi connectivity index (χ4v) is 2.23. The maximum atomic E-state index is 12.3. The van der Waals surface area contributed by atoms with Crippen LogP contribution in [0, 0.1) is 0 Å². The molecule has 1 unspecified atom stereocenters. The molecule has 8 nitrogen and oxygen atoms in total. The molecule has 106 valence electrons. The summed E-state index contributed by atoms with van der Waals surface area (Å²) in [6.45, 7) is 0. The lowest BCUT2D eigenvalue weighted by molar-refractivity contribution is -0.153. The Kier molecular flexibility index (Phi) is 3.64. The van der Waals surface area contributed by atoms with Crippen LogP contribution in [-0.2, 0) is 19.2 Å². The highest BCUT2D eigenvalue weighted by Gasteiger charge is 2.41. The van der Waals surface area contributed by atoms with Gasteiger partial charge in [-0.15, -0.1) is 0 Å². The molecule has 0 aromatic rings. The lowest BCUT2D eigenvalue weighted by atomic mass is 9.98. The summed E-state index contributed by atoms with van der Waals surface area (Å²) < 4.78 is 0. The molecule has 0 bridgehead atoms. The third-order valence-electron chi connectivity index (χ3n) is 3.19. The lowest BCUT2D eigenvalue weighted by Gasteiger charge is -2.34. The van der Waals surface area contributed by atoms with Gasteiger partial charge in [0.15, 0.2) is 0 Å². The Labute approximate surface area is 114 Å². The Morgan fingerprint density at radius 3 is 2.65 bits per heavy atom. The van der Waals surface area contributed by atoms with Gasteiger partial charge in [-0.1, -0.05) is 0 Å². The second-order valence-electron chi connectivity index (χ2n) is 4.54. The second kappa shape index (κ2) is 5.24. The van der Waals surface area contributed by atoms with Gasteiger partial charge >= 0.3 is 0 Å². The van der Waals surface area contributed by atoms with E-state index in [1.165, 1.54) is 13.3 Å². The molecule has 8 heteroatoms. The van der Waals surface area contributed by atoms with Gasteiger partial charge in [-0.25, -0.2) is 0 Å². The Hall–Kier alpha value is -2.51. The van der Waals surface area contributed by atoms with Crippen molar-refractivity contribution in [3.8, 4) is 0 Å². The topological polar surface area (TPSA) is 122 Å². The second-order valence-corrected chi connectivity index (χ2v) is 4.54. The minimum absolute atomic E-state index is 0.0872. The summed E-state index contributed by atoms with van der Waals surface area (Å²) in [7, 11) is 1.47. The predicted molar refractivity (Wildman–Crippen MR) is 68.3 cm³/mol. The number of rotatable bonds is 2. The molecule has 0 spiro atoms. The standard InChI is InChI=1S/C12H14N4O4/c1-14-5-6-7(13)4-10(18)16(12(6)20)8-2-3-9(17)15-11(8)19/h5,8H,2-4,13H2,1H3,(H,15,17,19). The molecular formula is C12H14N4O4. The average molecular weight is 278 g/mol. The number of carbonyl (C=O) groups is 4. The first kappa shape index (κ1) is 13.9. The summed E-state index contributed by atoms with van der Waals surface area (Å²) in [6.07, 6.45) is 1.33. The number of aliphatic imine (C=N–C) groups is 1. The molecule has 4 amide bonds. The van der Waals surface area contributed by atoms with Gasteiger partial charge in [0.1, 0.15) is 6.04 Å². The zero-order chi connectivity index (χ0) is 14.9. The summed E-state index contributed by atoms with van der Waals surface area (Å²) in [6, 6.07) is -0.971. The molecule has 2 aliphatic rings. The molecule has 2 heterocycles. The minimum atomic E-state index is -0.971. The van der Waals surface area contributed by atoms with Crippen molar-refractivity contribution in [1.82, 2.24) is 10.2 Å².